The Hall–Kier alpha value is -0.300. The van der Waals surface area contributed by atoms with Gasteiger partial charge in [0.2, 0.25) is 0 Å². The van der Waals surface area contributed by atoms with E-state index in [-0.39, 0.29) is 6.10 Å². The summed E-state index contributed by atoms with van der Waals surface area (Å²) < 4.78 is 0. The molecule has 0 bridgehead atoms. The van der Waals surface area contributed by atoms with Crippen molar-refractivity contribution >= 4 is 0 Å². The molecular formula is C29H50O. The zero-order valence-electron chi connectivity index (χ0n) is 20.9. The third-order valence-corrected chi connectivity index (χ3v) is 11.2. The molecule has 0 radical (unpaired) electrons. The molecular weight excluding hydrogens is 364 g/mol. The van der Waals surface area contributed by atoms with Crippen LogP contribution in [0, 0.1) is 58.2 Å². The molecule has 10 atom stereocenters. The van der Waals surface area contributed by atoms with Gasteiger partial charge in [0.1, 0.15) is 0 Å². The average Bonchev–Trinajstić information content (AvgIpc) is 3.05. The number of allylic oxidation sites excluding steroid dienone is 2. The number of aliphatic hydroxyl groups excluding tert-OH is 1. The minimum Gasteiger partial charge on any atom is -0.393 e. The van der Waals surface area contributed by atoms with E-state index in [0.29, 0.717) is 10.8 Å². The van der Waals surface area contributed by atoms with Crippen molar-refractivity contribution in [3.63, 3.8) is 0 Å². The summed E-state index contributed by atoms with van der Waals surface area (Å²) in [5.41, 5.74) is 1.04. The van der Waals surface area contributed by atoms with Gasteiger partial charge in [-0.15, -0.1) is 0 Å². The van der Waals surface area contributed by atoms with Gasteiger partial charge >= 0.3 is 0 Å². The maximum Gasteiger partial charge on any atom is 0.0546 e. The second-order valence-corrected chi connectivity index (χ2v) is 12.9. The second-order valence-electron chi connectivity index (χ2n) is 12.9. The molecule has 30 heavy (non-hydrogen) atoms. The Morgan fingerprint density at radius 2 is 1.73 bits per heavy atom. The first kappa shape index (κ1) is 22.9. The van der Waals surface area contributed by atoms with Crippen molar-refractivity contribution in [2.75, 3.05) is 0 Å². The molecule has 4 aliphatic rings. The molecule has 0 amide bonds. The Morgan fingerprint density at radius 3 is 2.43 bits per heavy atom. The Bertz CT molecular complexity index is 612. The molecule has 0 aliphatic heterocycles. The number of fused-ring (bicyclic) bond motifs is 5. The highest BCUT2D eigenvalue weighted by atomic mass is 16.3. The van der Waals surface area contributed by atoms with Gasteiger partial charge in [-0.1, -0.05) is 60.1 Å². The highest BCUT2D eigenvalue weighted by Gasteiger charge is 2.62. The summed E-state index contributed by atoms with van der Waals surface area (Å²) in [5, 5.41) is 10.5. The highest BCUT2D eigenvalue weighted by Crippen LogP contribution is 2.69. The van der Waals surface area contributed by atoms with E-state index in [1.807, 2.05) is 0 Å². The minimum absolute atomic E-state index is 0.0345. The summed E-state index contributed by atoms with van der Waals surface area (Å²) in [6, 6.07) is 0. The van der Waals surface area contributed by atoms with Crippen LogP contribution in [0.5, 0.6) is 0 Å². The molecule has 0 aromatic heterocycles. The molecule has 0 heterocycles. The van der Waals surface area contributed by atoms with Crippen molar-refractivity contribution in [2.45, 2.75) is 112 Å². The smallest absolute Gasteiger partial charge is 0.0546 e. The normalized spacial score (nSPS) is 49.7. The Labute approximate surface area is 187 Å². The molecule has 4 rings (SSSR count). The summed E-state index contributed by atoms with van der Waals surface area (Å²) in [7, 11) is 0. The van der Waals surface area contributed by atoms with Crippen molar-refractivity contribution in [3.8, 4) is 0 Å². The standard InChI is InChI=1S/C29H50O/c1-7-21-17-23(30)18-22-11-12-24-26-14-13-25(20(4)10-8-9-19(2)3)28(26,5)16-15-27(24)29(21,22)6/h8,10,19-27,30H,7,9,11-18H2,1-6H3/b10-8+/t20-,21?,22?,23-,24+,25-,26+,27+,28-,29+/m1/s1. The number of hydrogen-bond acceptors (Lipinski definition) is 1. The van der Waals surface area contributed by atoms with Gasteiger partial charge < -0.3 is 5.11 Å². The van der Waals surface area contributed by atoms with Crippen LogP contribution in [0.15, 0.2) is 12.2 Å². The van der Waals surface area contributed by atoms with Crippen molar-refractivity contribution in [2.24, 2.45) is 58.2 Å². The van der Waals surface area contributed by atoms with Crippen LogP contribution in [0.3, 0.4) is 0 Å². The molecule has 2 unspecified atom stereocenters. The summed E-state index contributed by atoms with van der Waals surface area (Å²) in [6.45, 7) is 14.9. The molecule has 0 saturated heterocycles. The summed E-state index contributed by atoms with van der Waals surface area (Å²) in [4.78, 5) is 0. The van der Waals surface area contributed by atoms with Crippen molar-refractivity contribution in [1.82, 2.24) is 0 Å². The lowest BCUT2D eigenvalue weighted by molar-refractivity contribution is -0.157. The number of aliphatic hydroxyl groups is 1. The zero-order valence-corrected chi connectivity index (χ0v) is 20.9. The first-order valence-corrected chi connectivity index (χ1v) is 13.6. The summed E-state index contributed by atoms with van der Waals surface area (Å²) in [6.07, 6.45) is 18.3. The molecule has 0 spiro atoms. The van der Waals surface area contributed by atoms with E-state index >= 15 is 0 Å². The maximum atomic E-state index is 10.5. The van der Waals surface area contributed by atoms with Crippen LogP contribution in [0.4, 0.5) is 0 Å². The summed E-state index contributed by atoms with van der Waals surface area (Å²) >= 11 is 0. The zero-order chi connectivity index (χ0) is 21.7. The van der Waals surface area contributed by atoms with Gasteiger partial charge in [0.25, 0.3) is 0 Å². The average molecular weight is 415 g/mol. The minimum atomic E-state index is -0.0345. The second kappa shape index (κ2) is 8.57. The van der Waals surface area contributed by atoms with E-state index in [1.165, 1.54) is 51.4 Å². The molecule has 1 heteroatoms. The van der Waals surface area contributed by atoms with Crippen LogP contribution in [0.2, 0.25) is 0 Å². The number of hydrogen-bond donors (Lipinski definition) is 1. The SMILES string of the molecule is CCC1C[C@@H](O)CC2CC[C@@H]3[C@H](CC[C@]4(C)[C@@H]([C@H](C)/C=C/CC(C)C)CC[C@@H]34)[C@@]12C. The predicted molar refractivity (Wildman–Crippen MR) is 128 cm³/mol. The quantitative estimate of drug-likeness (QED) is 0.454. The molecule has 0 aromatic rings. The van der Waals surface area contributed by atoms with E-state index in [0.717, 1.165) is 60.2 Å². The molecule has 1 nitrogen and oxygen atoms in total. The topological polar surface area (TPSA) is 20.2 Å². The van der Waals surface area contributed by atoms with E-state index in [2.05, 4.69) is 53.7 Å². The van der Waals surface area contributed by atoms with Gasteiger partial charge in [-0.05, 0) is 116 Å². The van der Waals surface area contributed by atoms with Gasteiger partial charge in [-0.25, -0.2) is 0 Å². The van der Waals surface area contributed by atoms with E-state index in [9.17, 15) is 5.11 Å². The fourth-order valence-corrected chi connectivity index (χ4v) is 9.69. The van der Waals surface area contributed by atoms with Gasteiger partial charge in [-0.2, -0.15) is 0 Å². The molecule has 4 fully saturated rings. The van der Waals surface area contributed by atoms with Crippen LogP contribution < -0.4 is 0 Å². The third-order valence-electron chi connectivity index (χ3n) is 11.2. The Balaban J connectivity index is 1.54. The molecule has 172 valence electrons. The van der Waals surface area contributed by atoms with Crippen LogP contribution in [-0.4, -0.2) is 11.2 Å². The highest BCUT2D eigenvalue weighted by molar-refractivity contribution is 5.12. The van der Waals surface area contributed by atoms with Gasteiger partial charge in [0.05, 0.1) is 6.10 Å². The third kappa shape index (κ3) is 3.64. The van der Waals surface area contributed by atoms with Crippen molar-refractivity contribution in [1.29, 1.82) is 0 Å². The van der Waals surface area contributed by atoms with Crippen LogP contribution in [-0.2, 0) is 0 Å². The van der Waals surface area contributed by atoms with Crippen molar-refractivity contribution in [3.05, 3.63) is 12.2 Å². The Kier molecular flexibility index (Phi) is 6.53. The van der Waals surface area contributed by atoms with Crippen LogP contribution in [0.1, 0.15) is 106 Å². The molecule has 4 saturated carbocycles. The van der Waals surface area contributed by atoms with Crippen LogP contribution >= 0.6 is 0 Å². The van der Waals surface area contributed by atoms with Gasteiger partial charge in [0.15, 0.2) is 0 Å². The van der Waals surface area contributed by atoms with Crippen LogP contribution in [0.25, 0.3) is 0 Å². The van der Waals surface area contributed by atoms with Gasteiger partial charge in [0, 0.05) is 0 Å². The fraction of sp³-hybridized carbons (Fsp3) is 0.931. The molecule has 4 aliphatic carbocycles. The maximum absolute atomic E-state index is 10.5. The lowest BCUT2D eigenvalue weighted by atomic mass is 9.42. The van der Waals surface area contributed by atoms with Crippen molar-refractivity contribution < 1.29 is 5.11 Å². The van der Waals surface area contributed by atoms with E-state index in [4.69, 9.17) is 0 Å². The molecule has 1 N–H and O–H groups in total. The lowest BCUT2D eigenvalue weighted by Crippen LogP contribution is -2.57. The Morgan fingerprint density at radius 1 is 0.967 bits per heavy atom. The molecule has 0 aromatic carbocycles. The van der Waals surface area contributed by atoms with Gasteiger partial charge in [-0.3, -0.25) is 0 Å². The first-order valence-electron chi connectivity index (χ1n) is 13.6. The van der Waals surface area contributed by atoms with E-state index < -0.39 is 0 Å². The lowest BCUT2D eigenvalue weighted by Gasteiger charge is -2.63. The fourth-order valence-electron chi connectivity index (χ4n) is 9.69. The monoisotopic (exact) mass is 414 g/mol. The van der Waals surface area contributed by atoms with E-state index in [1.54, 1.807) is 0 Å². The summed E-state index contributed by atoms with van der Waals surface area (Å²) in [5.74, 6) is 6.70. The predicted octanol–water partition coefficient (Wildman–Crippen LogP) is 7.88. The largest absolute Gasteiger partial charge is 0.393 e. The number of rotatable bonds is 5. The first-order chi connectivity index (χ1) is 14.2.